The Labute approximate surface area is 73.0 Å². The molecule has 0 saturated heterocycles. The maximum Gasteiger partial charge on any atom is 0.103 e. The summed E-state index contributed by atoms with van der Waals surface area (Å²) < 4.78 is 0. The molecule has 0 unspecified atom stereocenters. The molecule has 0 radical (unpaired) electrons. The van der Waals surface area contributed by atoms with Gasteiger partial charge in [0.05, 0.1) is 5.69 Å². The van der Waals surface area contributed by atoms with Gasteiger partial charge >= 0.3 is 0 Å². The van der Waals surface area contributed by atoms with Crippen LogP contribution >= 0.6 is 0 Å². The molecular weight excluding hydrogens is 148 g/mol. The van der Waals surface area contributed by atoms with Crippen molar-refractivity contribution in [1.82, 2.24) is 9.97 Å². The largest absolute Gasteiger partial charge is 0.348 e. The molecule has 1 aromatic heterocycles. The molecule has 0 aliphatic rings. The molecule has 1 heterocycles. The standard InChI is InChI=1S/C10H14N2/c1-4-6-9(5-2)10-7-11-8(3)12-10/h4-7H,1-3H3,(H,11,12)/b6-4-,9-5+. The second-order valence-corrected chi connectivity index (χ2v) is 2.62. The number of allylic oxidation sites excluding steroid dienone is 4. The highest BCUT2D eigenvalue weighted by Gasteiger charge is 1.99. The van der Waals surface area contributed by atoms with Crippen LogP contribution in [0.15, 0.2) is 24.4 Å². The normalized spacial score (nSPS) is 12.8. The van der Waals surface area contributed by atoms with Gasteiger partial charge in [-0.15, -0.1) is 0 Å². The molecule has 0 bridgehead atoms. The second-order valence-electron chi connectivity index (χ2n) is 2.62. The molecule has 0 atom stereocenters. The number of H-pyrrole nitrogens is 1. The number of nitrogens with zero attached hydrogens (tertiary/aromatic N) is 1. The van der Waals surface area contributed by atoms with E-state index in [9.17, 15) is 0 Å². The highest BCUT2D eigenvalue weighted by atomic mass is 14.9. The van der Waals surface area contributed by atoms with Crippen molar-refractivity contribution in [2.75, 3.05) is 0 Å². The summed E-state index contributed by atoms with van der Waals surface area (Å²) in [6.07, 6.45) is 8.04. The van der Waals surface area contributed by atoms with E-state index in [0.29, 0.717) is 0 Å². The first-order valence-electron chi connectivity index (χ1n) is 4.09. The van der Waals surface area contributed by atoms with E-state index in [4.69, 9.17) is 0 Å². The van der Waals surface area contributed by atoms with Crippen LogP contribution in [0.25, 0.3) is 5.57 Å². The number of hydrogen-bond acceptors (Lipinski definition) is 1. The first kappa shape index (κ1) is 8.78. The summed E-state index contributed by atoms with van der Waals surface area (Å²) >= 11 is 0. The van der Waals surface area contributed by atoms with Gasteiger partial charge in [-0.25, -0.2) is 4.98 Å². The van der Waals surface area contributed by atoms with Gasteiger partial charge in [0.1, 0.15) is 5.82 Å². The van der Waals surface area contributed by atoms with Crippen LogP contribution in [0.3, 0.4) is 0 Å². The predicted octanol–water partition coefficient (Wildman–Crippen LogP) is 2.70. The monoisotopic (exact) mass is 162 g/mol. The summed E-state index contributed by atoms with van der Waals surface area (Å²) in [6.45, 7) is 5.97. The molecule has 0 saturated carbocycles. The van der Waals surface area contributed by atoms with Crippen molar-refractivity contribution in [3.63, 3.8) is 0 Å². The average Bonchev–Trinajstić information content (AvgIpc) is 2.47. The maximum absolute atomic E-state index is 4.33. The third kappa shape index (κ3) is 1.84. The van der Waals surface area contributed by atoms with E-state index in [0.717, 1.165) is 17.1 Å². The summed E-state index contributed by atoms with van der Waals surface area (Å²) in [6, 6.07) is 0. The van der Waals surface area contributed by atoms with Gasteiger partial charge in [-0.05, 0) is 26.3 Å². The second kappa shape index (κ2) is 3.90. The van der Waals surface area contributed by atoms with Crippen molar-refractivity contribution < 1.29 is 0 Å². The predicted molar refractivity (Wildman–Crippen MR) is 51.8 cm³/mol. The highest BCUT2D eigenvalue weighted by Crippen LogP contribution is 2.12. The van der Waals surface area contributed by atoms with Crippen molar-refractivity contribution in [2.24, 2.45) is 0 Å². The molecule has 0 fully saturated rings. The molecule has 1 aromatic rings. The Bertz CT molecular complexity index is 305. The number of aromatic nitrogens is 2. The topological polar surface area (TPSA) is 28.7 Å². The number of rotatable bonds is 2. The van der Waals surface area contributed by atoms with E-state index in [1.807, 2.05) is 33.0 Å². The average molecular weight is 162 g/mol. The molecule has 0 aliphatic heterocycles. The number of aryl methyl sites for hydroxylation is 1. The Kier molecular flexibility index (Phi) is 2.86. The zero-order chi connectivity index (χ0) is 8.97. The van der Waals surface area contributed by atoms with Crippen molar-refractivity contribution in [3.05, 3.63) is 35.9 Å². The smallest absolute Gasteiger partial charge is 0.103 e. The van der Waals surface area contributed by atoms with Crippen LogP contribution in [0.5, 0.6) is 0 Å². The van der Waals surface area contributed by atoms with Gasteiger partial charge < -0.3 is 4.98 Å². The number of imidazole rings is 1. The lowest BCUT2D eigenvalue weighted by Crippen LogP contribution is -1.80. The van der Waals surface area contributed by atoms with Crippen molar-refractivity contribution in [3.8, 4) is 0 Å². The van der Waals surface area contributed by atoms with Crippen LogP contribution in [-0.2, 0) is 0 Å². The first-order valence-corrected chi connectivity index (χ1v) is 4.09. The Morgan fingerprint density at radius 1 is 1.50 bits per heavy atom. The summed E-state index contributed by atoms with van der Waals surface area (Å²) in [5, 5.41) is 0. The number of aromatic amines is 1. The van der Waals surface area contributed by atoms with Crippen LogP contribution in [0.1, 0.15) is 25.4 Å². The molecular formula is C10H14N2. The van der Waals surface area contributed by atoms with Crippen LogP contribution in [0.2, 0.25) is 0 Å². The van der Waals surface area contributed by atoms with E-state index < -0.39 is 0 Å². The fourth-order valence-corrected chi connectivity index (χ4v) is 1.07. The molecule has 0 spiro atoms. The summed E-state index contributed by atoms with van der Waals surface area (Å²) in [5.74, 6) is 0.953. The van der Waals surface area contributed by atoms with Gasteiger partial charge in [-0.2, -0.15) is 0 Å². The van der Waals surface area contributed by atoms with Crippen LogP contribution in [0.4, 0.5) is 0 Å². The third-order valence-corrected chi connectivity index (χ3v) is 1.66. The van der Waals surface area contributed by atoms with Crippen molar-refractivity contribution in [1.29, 1.82) is 0 Å². The van der Waals surface area contributed by atoms with Crippen LogP contribution < -0.4 is 0 Å². The third-order valence-electron chi connectivity index (χ3n) is 1.66. The quantitative estimate of drug-likeness (QED) is 0.665. The molecule has 2 heteroatoms. The number of nitrogens with one attached hydrogen (secondary N) is 1. The molecule has 12 heavy (non-hydrogen) atoms. The fraction of sp³-hybridized carbons (Fsp3) is 0.300. The fourth-order valence-electron chi connectivity index (χ4n) is 1.07. The van der Waals surface area contributed by atoms with Gasteiger partial charge in [0.15, 0.2) is 0 Å². The number of hydrogen-bond donors (Lipinski definition) is 1. The molecule has 1 N–H and O–H groups in total. The molecule has 64 valence electrons. The Hall–Kier alpha value is -1.31. The molecule has 0 amide bonds. The van der Waals surface area contributed by atoms with Gasteiger partial charge in [0.2, 0.25) is 0 Å². The molecule has 0 aliphatic carbocycles. The SMILES string of the molecule is C/C=C\C(=C/C)c1c[nH]c(C)n1. The lowest BCUT2D eigenvalue weighted by atomic mass is 10.2. The Morgan fingerprint density at radius 3 is 2.67 bits per heavy atom. The van der Waals surface area contributed by atoms with E-state index >= 15 is 0 Å². The summed E-state index contributed by atoms with van der Waals surface area (Å²) in [5.41, 5.74) is 2.16. The van der Waals surface area contributed by atoms with E-state index in [1.165, 1.54) is 0 Å². The summed E-state index contributed by atoms with van der Waals surface area (Å²) in [7, 11) is 0. The Morgan fingerprint density at radius 2 is 2.25 bits per heavy atom. The van der Waals surface area contributed by atoms with Gasteiger partial charge in [-0.3, -0.25) is 0 Å². The van der Waals surface area contributed by atoms with Gasteiger partial charge in [-0.1, -0.05) is 18.2 Å². The zero-order valence-electron chi connectivity index (χ0n) is 7.76. The molecule has 1 rings (SSSR count). The van der Waals surface area contributed by atoms with Gasteiger partial charge in [0.25, 0.3) is 0 Å². The molecule has 0 aromatic carbocycles. The van der Waals surface area contributed by atoms with E-state index in [-0.39, 0.29) is 0 Å². The lowest BCUT2D eigenvalue weighted by Gasteiger charge is -1.93. The van der Waals surface area contributed by atoms with Crippen molar-refractivity contribution in [2.45, 2.75) is 20.8 Å². The van der Waals surface area contributed by atoms with Crippen molar-refractivity contribution >= 4 is 5.57 Å². The highest BCUT2D eigenvalue weighted by molar-refractivity contribution is 5.70. The minimum Gasteiger partial charge on any atom is -0.348 e. The van der Waals surface area contributed by atoms with E-state index in [1.54, 1.807) is 0 Å². The maximum atomic E-state index is 4.33. The Balaban J connectivity index is 2.96. The van der Waals surface area contributed by atoms with Gasteiger partial charge in [0, 0.05) is 6.20 Å². The first-order chi connectivity index (χ1) is 5.77. The zero-order valence-corrected chi connectivity index (χ0v) is 7.76. The minimum absolute atomic E-state index is 0.953. The lowest BCUT2D eigenvalue weighted by molar-refractivity contribution is 1.14. The minimum atomic E-state index is 0.953. The molecule has 2 nitrogen and oxygen atoms in total. The summed E-state index contributed by atoms with van der Waals surface area (Å²) in [4.78, 5) is 7.38. The van der Waals surface area contributed by atoms with E-state index in [2.05, 4.69) is 22.1 Å². The van der Waals surface area contributed by atoms with Crippen LogP contribution in [0, 0.1) is 6.92 Å². The van der Waals surface area contributed by atoms with Crippen LogP contribution in [-0.4, -0.2) is 9.97 Å².